The van der Waals surface area contributed by atoms with E-state index in [0.717, 1.165) is 19.4 Å². The number of ether oxygens (including phenoxy) is 2. The number of unbranched alkanes of at least 4 members (excludes halogenated alkanes) is 11. The van der Waals surface area contributed by atoms with E-state index in [0.29, 0.717) is 6.42 Å². The normalized spacial score (nSPS) is 19.7. The number of esters is 1. The molecule has 1 heterocycles. The molecule has 3 nitrogen and oxygen atoms in total. The van der Waals surface area contributed by atoms with Crippen LogP contribution >= 0.6 is 0 Å². The van der Waals surface area contributed by atoms with E-state index >= 15 is 0 Å². The highest BCUT2D eigenvalue weighted by Gasteiger charge is 2.43. The summed E-state index contributed by atoms with van der Waals surface area (Å²) in [6, 6.07) is 0. The second kappa shape index (κ2) is 12.8. The fourth-order valence-electron chi connectivity index (χ4n) is 3.24. The first-order chi connectivity index (χ1) is 11.2. The Morgan fingerprint density at radius 1 is 0.870 bits per heavy atom. The van der Waals surface area contributed by atoms with Gasteiger partial charge in [-0.3, -0.25) is 4.79 Å². The Balaban J connectivity index is 1.82. The van der Waals surface area contributed by atoms with Gasteiger partial charge in [0.15, 0.2) is 0 Å². The Morgan fingerprint density at radius 2 is 1.35 bits per heavy atom. The first-order valence-electron chi connectivity index (χ1n) is 9.93. The lowest BCUT2D eigenvalue weighted by molar-refractivity contribution is -0.141. The van der Waals surface area contributed by atoms with Crippen LogP contribution in [0.3, 0.4) is 0 Å². The molecular formula is C20H38O3. The van der Waals surface area contributed by atoms with Crippen LogP contribution in [0, 0.1) is 0 Å². The van der Waals surface area contributed by atoms with Gasteiger partial charge in [-0.05, 0) is 12.8 Å². The number of carbonyl (C=O) groups is 1. The number of hydrogen-bond acceptors (Lipinski definition) is 3. The van der Waals surface area contributed by atoms with Crippen molar-refractivity contribution < 1.29 is 14.3 Å². The molecule has 0 aromatic rings. The molecule has 1 aliphatic rings. The fourth-order valence-corrected chi connectivity index (χ4v) is 3.24. The molecule has 1 fully saturated rings. The largest absolute Gasteiger partial charge is 0.469 e. The van der Waals surface area contributed by atoms with Crippen molar-refractivity contribution in [1.29, 1.82) is 0 Å². The van der Waals surface area contributed by atoms with Gasteiger partial charge >= 0.3 is 5.97 Å². The molecule has 1 saturated heterocycles. The van der Waals surface area contributed by atoms with Crippen molar-refractivity contribution >= 4 is 5.97 Å². The maximum Gasteiger partial charge on any atom is 0.305 e. The fraction of sp³-hybridized carbons (Fsp3) is 0.950. The van der Waals surface area contributed by atoms with E-state index in [4.69, 9.17) is 9.47 Å². The summed E-state index contributed by atoms with van der Waals surface area (Å²) >= 11 is 0. The molecule has 0 spiro atoms. The van der Waals surface area contributed by atoms with E-state index in [2.05, 4.69) is 6.92 Å². The lowest BCUT2D eigenvalue weighted by atomic mass is 9.96. The van der Waals surface area contributed by atoms with E-state index in [1.165, 1.54) is 84.2 Å². The summed E-state index contributed by atoms with van der Waals surface area (Å²) in [5.74, 6) is -0.116. The van der Waals surface area contributed by atoms with Crippen molar-refractivity contribution in [3.63, 3.8) is 0 Å². The highest BCUT2D eigenvalue weighted by atomic mass is 16.6. The highest BCUT2D eigenvalue weighted by Crippen LogP contribution is 2.37. The van der Waals surface area contributed by atoms with Crippen molar-refractivity contribution in [1.82, 2.24) is 0 Å². The van der Waals surface area contributed by atoms with Gasteiger partial charge in [0.25, 0.3) is 0 Å². The smallest absolute Gasteiger partial charge is 0.305 e. The minimum atomic E-state index is -0.116. The quantitative estimate of drug-likeness (QED) is 0.204. The Morgan fingerprint density at radius 3 is 1.78 bits per heavy atom. The van der Waals surface area contributed by atoms with Crippen LogP contribution in [0.5, 0.6) is 0 Å². The molecule has 0 aliphatic carbocycles. The number of epoxide rings is 1. The summed E-state index contributed by atoms with van der Waals surface area (Å²) in [5, 5.41) is 0. The lowest BCUT2D eigenvalue weighted by Gasteiger charge is -2.10. The van der Waals surface area contributed by atoms with Gasteiger partial charge < -0.3 is 9.47 Å². The van der Waals surface area contributed by atoms with Gasteiger partial charge in [0.1, 0.15) is 0 Å². The molecule has 0 bridgehead atoms. The number of rotatable bonds is 16. The first-order valence-corrected chi connectivity index (χ1v) is 9.93. The summed E-state index contributed by atoms with van der Waals surface area (Å²) < 4.78 is 10.3. The van der Waals surface area contributed by atoms with E-state index in [9.17, 15) is 4.79 Å². The van der Waals surface area contributed by atoms with Crippen LogP contribution in [0.15, 0.2) is 0 Å². The molecule has 3 heteroatoms. The summed E-state index contributed by atoms with van der Waals surface area (Å²) in [6.45, 7) is 3.11. The van der Waals surface area contributed by atoms with Crippen LogP contribution in [0.2, 0.25) is 0 Å². The number of hydrogen-bond donors (Lipinski definition) is 0. The third kappa shape index (κ3) is 10.8. The lowest BCUT2D eigenvalue weighted by Crippen LogP contribution is -2.14. The summed E-state index contributed by atoms with van der Waals surface area (Å²) in [7, 11) is 1.45. The maximum absolute atomic E-state index is 11.2. The average Bonchev–Trinajstić information content (AvgIpc) is 3.34. The topological polar surface area (TPSA) is 38.8 Å². The van der Waals surface area contributed by atoms with Gasteiger partial charge in [0.2, 0.25) is 0 Å². The summed E-state index contributed by atoms with van der Waals surface area (Å²) in [5.41, 5.74) is 0.0205. The second-order valence-electron chi connectivity index (χ2n) is 7.19. The molecule has 1 atom stereocenters. The zero-order valence-electron chi connectivity index (χ0n) is 15.5. The van der Waals surface area contributed by atoms with Gasteiger partial charge in [-0.1, -0.05) is 84.0 Å². The third-order valence-corrected chi connectivity index (χ3v) is 5.05. The Labute approximate surface area is 143 Å². The molecule has 136 valence electrons. The highest BCUT2D eigenvalue weighted by molar-refractivity contribution is 5.69. The molecule has 0 saturated carbocycles. The Kier molecular flexibility index (Phi) is 11.4. The second-order valence-corrected chi connectivity index (χ2v) is 7.19. The molecule has 0 amide bonds. The van der Waals surface area contributed by atoms with Gasteiger partial charge in [-0.15, -0.1) is 0 Å². The van der Waals surface area contributed by atoms with Gasteiger partial charge in [-0.25, -0.2) is 0 Å². The van der Waals surface area contributed by atoms with Crippen LogP contribution in [-0.4, -0.2) is 25.3 Å². The van der Waals surface area contributed by atoms with Crippen molar-refractivity contribution in [2.75, 3.05) is 13.7 Å². The minimum absolute atomic E-state index is 0.0205. The molecule has 0 aromatic heterocycles. The minimum Gasteiger partial charge on any atom is -0.469 e. The first kappa shape index (κ1) is 20.5. The van der Waals surface area contributed by atoms with Gasteiger partial charge in [-0.2, -0.15) is 0 Å². The van der Waals surface area contributed by atoms with Crippen LogP contribution in [-0.2, 0) is 14.3 Å². The molecule has 23 heavy (non-hydrogen) atoms. The standard InChI is InChI=1S/C20H38O3/c1-3-4-5-6-7-8-9-10-11-12-13-14-16-20(18-23-20)17-15-19(21)22-2/h3-18H2,1-2H3/t20-/m0/s1. The van der Waals surface area contributed by atoms with E-state index in [-0.39, 0.29) is 11.6 Å². The monoisotopic (exact) mass is 326 g/mol. The predicted octanol–water partition coefficient (Wildman–Crippen LogP) is 5.80. The molecule has 0 unspecified atom stereocenters. The van der Waals surface area contributed by atoms with Crippen molar-refractivity contribution in [2.24, 2.45) is 0 Å². The number of methoxy groups -OCH3 is 1. The molecule has 0 aromatic carbocycles. The van der Waals surface area contributed by atoms with E-state index < -0.39 is 0 Å². The zero-order valence-corrected chi connectivity index (χ0v) is 15.5. The summed E-state index contributed by atoms with van der Waals surface area (Å²) in [6.07, 6.45) is 19.0. The van der Waals surface area contributed by atoms with Crippen molar-refractivity contribution in [3.8, 4) is 0 Å². The SMILES string of the molecule is CCCCCCCCCCCCCC[C@]1(CCC(=O)OC)CO1. The van der Waals surface area contributed by atoms with Gasteiger partial charge in [0, 0.05) is 6.42 Å². The maximum atomic E-state index is 11.2. The zero-order chi connectivity index (χ0) is 16.8. The van der Waals surface area contributed by atoms with Gasteiger partial charge in [0.05, 0.1) is 19.3 Å². The summed E-state index contributed by atoms with van der Waals surface area (Å²) in [4.78, 5) is 11.2. The average molecular weight is 327 g/mol. The molecular weight excluding hydrogens is 288 g/mol. The van der Waals surface area contributed by atoms with E-state index in [1.54, 1.807) is 0 Å². The van der Waals surface area contributed by atoms with Crippen LogP contribution in [0.4, 0.5) is 0 Å². The predicted molar refractivity (Wildman–Crippen MR) is 95.6 cm³/mol. The number of carbonyl (C=O) groups excluding carboxylic acids is 1. The Hall–Kier alpha value is -0.570. The van der Waals surface area contributed by atoms with Crippen molar-refractivity contribution in [3.05, 3.63) is 0 Å². The Bertz CT molecular complexity index is 297. The van der Waals surface area contributed by atoms with Crippen LogP contribution in [0.1, 0.15) is 103 Å². The van der Waals surface area contributed by atoms with E-state index in [1.807, 2.05) is 0 Å². The molecule has 1 rings (SSSR count). The van der Waals surface area contributed by atoms with Crippen LogP contribution in [0.25, 0.3) is 0 Å². The molecule has 1 aliphatic heterocycles. The van der Waals surface area contributed by atoms with Crippen molar-refractivity contribution in [2.45, 2.75) is 109 Å². The molecule has 0 radical (unpaired) electrons. The third-order valence-electron chi connectivity index (χ3n) is 5.05. The van der Waals surface area contributed by atoms with Crippen LogP contribution < -0.4 is 0 Å². The molecule has 0 N–H and O–H groups in total.